The second-order valence-electron chi connectivity index (χ2n) is 7.42. The quantitative estimate of drug-likeness (QED) is 0.377. The molecule has 0 saturated carbocycles. The maximum absolute atomic E-state index is 12.4. The maximum Gasteiger partial charge on any atom is 0.325 e. The van der Waals surface area contributed by atoms with E-state index in [4.69, 9.17) is 4.42 Å². The molecule has 1 aliphatic heterocycles. The lowest BCUT2D eigenvalue weighted by Gasteiger charge is -2.11. The lowest BCUT2D eigenvalue weighted by molar-refractivity contribution is -0.131. The minimum atomic E-state index is -0.844. The zero-order valence-electron chi connectivity index (χ0n) is 17.0. The Labute approximate surface area is 178 Å². The predicted octanol–water partition coefficient (Wildman–Crippen LogP) is 1.66. The van der Waals surface area contributed by atoms with Gasteiger partial charge in [-0.15, -0.1) is 10.2 Å². The summed E-state index contributed by atoms with van der Waals surface area (Å²) in [6.45, 7) is 0.571. The standard InChI is InChI=1S/C21H24N6O4/c28-19(13-16-20(29)27(21(30)23-16)14-15-7-6-12-31-15)22-10-4-1-2-8-17-24-25-18-9-3-5-11-26(17)18/h3,5-7,9,11-12,16H,1-2,4,8,10,13-14H2,(H,22,28)(H,23,30)/t16-/m1/s1. The molecule has 0 radical (unpaired) electrons. The van der Waals surface area contributed by atoms with Crippen molar-refractivity contribution < 1.29 is 18.8 Å². The number of carbonyl (C=O) groups excluding carboxylic acids is 3. The number of hydrogen-bond acceptors (Lipinski definition) is 6. The van der Waals surface area contributed by atoms with Gasteiger partial charge in [0.2, 0.25) is 5.91 Å². The van der Waals surface area contributed by atoms with Gasteiger partial charge in [-0.2, -0.15) is 0 Å². The molecule has 162 valence electrons. The molecule has 3 aromatic rings. The number of amides is 4. The lowest BCUT2D eigenvalue weighted by atomic mass is 10.1. The van der Waals surface area contributed by atoms with E-state index in [0.29, 0.717) is 12.3 Å². The highest BCUT2D eigenvalue weighted by molar-refractivity contribution is 6.05. The van der Waals surface area contributed by atoms with Crippen molar-refractivity contribution in [1.29, 1.82) is 0 Å². The third-order valence-corrected chi connectivity index (χ3v) is 5.17. The average molecular weight is 424 g/mol. The molecular weight excluding hydrogens is 400 g/mol. The second kappa shape index (κ2) is 9.41. The van der Waals surface area contributed by atoms with E-state index in [1.165, 1.54) is 6.26 Å². The summed E-state index contributed by atoms with van der Waals surface area (Å²) in [7, 11) is 0. The summed E-state index contributed by atoms with van der Waals surface area (Å²) >= 11 is 0. The van der Waals surface area contributed by atoms with Crippen molar-refractivity contribution in [3.05, 3.63) is 54.4 Å². The number of aromatic nitrogens is 3. The molecule has 0 aromatic carbocycles. The number of unbranched alkanes of at least 4 members (excludes halogenated alkanes) is 2. The Hall–Kier alpha value is -3.69. The van der Waals surface area contributed by atoms with Crippen LogP contribution in [-0.4, -0.2) is 49.9 Å². The Balaban J connectivity index is 1.14. The van der Waals surface area contributed by atoms with Crippen molar-refractivity contribution in [2.45, 2.75) is 44.7 Å². The molecular formula is C21H24N6O4. The summed E-state index contributed by atoms with van der Waals surface area (Å²) in [6, 6.07) is 7.81. The van der Waals surface area contributed by atoms with Crippen molar-refractivity contribution >= 4 is 23.5 Å². The van der Waals surface area contributed by atoms with Crippen LogP contribution in [0.4, 0.5) is 4.79 Å². The summed E-state index contributed by atoms with van der Waals surface area (Å²) in [5.74, 6) is 0.751. The molecule has 1 saturated heterocycles. The first-order chi connectivity index (χ1) is 15.1. The SMILES string of the molecule is O=C(C[C@H]1NC(=O)N(Cc2ccco2)C1=O)NCCCCCc1nnc2ccccn12. The van der Waals surface area contributed by atoms with E-state index in [1.807, 2.05) is 28.8 Å². The molecule has 10 nitrogen and oxygen atoms in total. The normalized spacial score (nSPS) is 16.1. The molecule has 1 aliphatic rings. The third-order valence-electron chi connectivity index (χ3n) is 5.17. The molecule has 1 fully saturated rings. The Morgan fingerprint density at radius 1 is 1.13 bits per heavy atom. The smallest absolute Gasteiger partial charge is 0.325 e. The third kappa shape index (κ3) is 4.90. The van der Waals surface area contributed by atoms with Gasteiger partial charge in [0.15, 0.2) is 5.65 Å². The fraction of sp³-hybridized carbons (Fsp3) is 0.381. The zero-order valence-corrected chi connectivity index (χ0v) is 17.0. The minimum Gasteiger partial charge on any atom is -0.467 e. The Bertz CT molecular complexity index is 1060. The van der Waals surface area contributed by atoms with E-state index in [2.05, 4.69) is 20.8 Å². The summed E-state index contributed by atoms with van der Waals surface area (Å²) in [6.07, 6.45) is 6.84. The Morgan fingerprint density at radius 2 is 2.03 bits per heavy atom. The van der Waals surface area contributed by atoms with E-state index >= 15 is 0 Å². The van der Waals surface area contributed by atoms with Gasteiger partial charge in [-0.3, -0.25) is 18.9 Å². The van der Waals surface area contributed by atoms with E-state index in [0.717, 1.165) is 42.1 Å². The van der Waals surface area contributed by atoms with Gasteiger partial charge >= 0.3 is 6.03 Å². The van der Waals surface area contributed by atoms with Crippen LogP contribution in [0.1, 0.15) is 37.3 Å². The minimum absolute atomic E-state index is 0.0527. The van der Waals surface area contributed by atoms with Crippen LogP contribution in [0.3, 0.4) is 0 Å². The van der Waals surface area contributed by atoms with Crippen LogP contribution in [0.5, 0.6) is 0 Å². The number of fused-ring (bicyclic) bond motifs is 1. The molecule has 3 aromatic heterocycles. The molecule has 2 N–H and O–H groups in total. The number of rotatable bonds is 10. The first-order valence-electron chi connectivity index (χ1n) is 10.3. The highest BCUT2D eigenvalue weighted by Crippen LogP contribution is 2.14. The van der Waals surface area contributed by atoms with Gasteiger partial charge in [-0.25, -0.2) is 4.79 Å². The highest BCUT2D eigenvalue weighted by Gasteiger charge is 2.39. The summed E-state index contributed by atoms with van der Waals surface area (Å²) < 4.78 is 7.15. The maximum atomic E-state index is 12.4. The van der Waals surface area contributed by atoms with E-state index < -0.39 is 18.0 Å². The van der Waals surface area contributed by atoms with Gasteiger partial charge in [0.05, 0.1) is 19.2 Å². The number of pyridine rings is 1. The molecule has 31 heavy (non-hydrogen) atoms. The molecule has 4 amide bonds. The van der Waals surface area contributed by atoms with E-state index in [1.54, 1.807) is 12.1 Å². The molecule has 0 aliphatic carbocycles. The molecule has 0 unspecified atom stereocenters. The number of imide groups is 1. The molecule has 4 heterocycles. The number of nitrogens with one attached hydrogen (secondary N) is 2. The van der Waals surface area contributed by atoms with Crippen LogP contribution in [0.2, 0.25) is 0 Å². The Morgan fingerprint density at radius 3 is 2.87 bits per heavy atom. The van der Waals surface area contributed by atoms with Gasteiger partial charge in [0.1, 0.15) is 17.6 Å². The number of urea groups is 1. The van der Waals surface area contributed by atoms with Crippen LogP contribution < -0.4 is 10.6 Å². The predicted molar refractivity (Wildman–Crippen MR) is 110 cm³/mol. The number of carbonyl (C=O) groups is 3. The van der Waals surface area contributed by atoms with Crippen molar-refractivity contribution in [3.8, 4) is 0 Å². The summed E-state index contributed by atoms with van der Waals surface area (Å²) in [5, 5.41) is 13.7. The van der Waals surface area contributed by atoms with Crippen LogP contribution in [0.25, 0.3) is 5.65 Å². The van der Waals surface area contributed by atoms with Crippen LogP contribution in [0, 0.1) is 0 Å². The first-order valence-corrected chi connectivity index (χ1v) is 10.3. The second-order valence-corrected chi connectivity index (χ2v) is 7.42. The van der Waals surface area contributed by atoms with Crippen molar-refractivity contribution in [2.24, 2.45) is 0 Å². The molecule has 4 rings (SSSR count). The highest BCUT2D eigenvalue weighted by atomic mass is 16.3. The van der Waals surface area contributed by atoms with Crippen LogP contribution in [-0.2, 0) is 22.6 Å². The number of nitrogens with zero attached hydrogens (tertiary/aromatic N) is 4. The number of aryl methyl sites for hydroxylation is 1. The van der Waals surface area contributed by atoms with Crippen molar-refractivity contribution in [1.82, 2.24) is 30.1 Å². The monoisotopic (exact) mass is 424 g/mol. The molecule has 1 atom stereocenters. The van der Waals surface area contributed by atoms with Gasteiger partial charge in [-0.1, -0.05) is 12.5 Å². The van der Waals surface area contributed by atoms with Crippen molar-refractivity contribution in [3.63, 3.8) is 0 Å². The zero-order chi connectivity index (χ0) is 21.6. The van der Waals surface area contributed by atoms with E-state index in [9.17, 15) is 14.4 Å². The van der Waals surface area contributed by atoms with Gasteiger partial charge in [0.25, 0.3) is 5.91 Å². The number of hydrogen-bond donors (Lipinski definition) is 2. The van der Waals surface area contributed by atoms with Gasteiger partial charge in [-0.05, 0) is 37.1 Å². The fourth-order valence-corrected chi connectivity index (χ4v) is 3.56. The average Bonchev–Trinajstić information content (AvgIpc) is 3.48. The lowest BCUT2D eigenvalue weighted by Crippen LogP contribution is -2.36. The molecule has 0 bridgehead atoms. The number of furan rings is 1. The van der Waals surface area contributed by atoms with Crippen LogP contribution in [0.15, 0.2) is 47.2 Å². The summed E-state index contributed by atoms with van der Waals surface area (Å²) in [4.78, 5) is 37.7. The fourth-order valence-electron chi connectivity index (χ4n) is 3.56. The van der Waals surface area contributed by atoms with Gasteiger partial charge in [0, 0.05) is 19.2 Å². The molecule has 0 spiro atoms. The van der Waals surface area contributed by atoms with Gasteiger partial charge < -0.3 is 15.1 Å². The van der Waals surface area contributed by atoms with Crippen molar-refractivity contribution in [2.75, 3.05) is 6.54 Å². The first kappa shape index (κ1) is 20.6. The largest absolute Gasteiger partial charge is 0.467 e. The Kier molecular flexibility index (Phi) is 6.25. The molecule has 10 heteroatoms. The topological polar surface area (TPSA) is 122 Å². The summed E-state index contributed by atoms with van der Waals surface area (Å²) in [5.41, 5.74) is 0.834. The van der Waals surface area contributed by atoms with E-state index in [-0.39, 0.29) is 18.9 Å². The van der Waals surface area contributed by atoms with Crippen LogP contribution >= 0.6 is 0 Å².